The maximum Gasteiger partial charge on any atom is 0.416 e. The minimum atomic E-state index is -4.43. The van der Waals surface area contributed by atoms with E-state index in [1.807, 2.05) is 11.0 Å². The minimum absolute atomic E-state index is 0. The van der Waals surface area contributed by atoms with Gasteiger partial charge in [-0.25, -0.2) is 9.78 Å². The van der Waals surface area contributed by atoms with E-state index in [9.17, 15) is 23.1 Å². The Hall–Kier alpha value is -2.49. The number of rotatable bonds is 4. The predicted octanol–water partition coefficient (Wildman–Crippen LogP) is 4.79. The lowest BCUT2D eigenvalue weighted by molar-refractivity contribution is -0.138. The molecule has 1 aliphatic heterocycles. The molecule has 0 spiro atoms. The standard InChI is InChI=1S/C21H20F3N3O3.2ClH/c1-13-14(3-2-4-17(13)21(22,23)24)11-27-12-25-19-16(20(28)29)9-15(10-18(19)27)26-5-7-30-8-6-26;;/h2-4,9-10,12H,5-8,11H2,1H3,(H,28,29);2*1H. The summed E-state index contributed by atoms with van der Waals surface area (Å²) in [5.41, 5.74) is 1.63. The molecule has 1 aromatic heterocycles. The van der Waals surface area contributed by atoms with Gasteiger partial charge in [-0.2, -0.15) is 13.2 Å². The number of anilines is 1. The molecule has 4 rings (SSSR count). The topological polar surface area (TPSA) is 67.6 Å². The van der Waals surface area contributed by atoms with Crippen LogP contribution < -0.4 is 4.90 Å². The highest BCUT2D eigenvalue weighted by molar-refractivity contribution is 6.02. The number of ether oxygens (including phenoxy) is 1. The van der Waals surface area contributed by atoms with Gasteiger partial charge in [0.2, 0.25) is 0 Å². The Morgan fingerprint density at radius 3 is 2.50 bits per heavy atom. The first kappa shape index (κ1) is 25.8. The molecule has 0 saturated carbocycles. The first-order valence-electron chi connectivity index (χ1n) is 9.46. The van der Waals surface area contributed by atoms with Gasteiger partial charge in [0.05, 0.1) is 36.2 Å². The van der Waals surface area contributed by atoms with E-state index in [2.05, 4.69) is 4.98 Å². The van der Waals surface area contributed by atoms with Crippen molar-refractivity contribution < 1.29 is 27.8 Å². The highest BCUT2D eigenvalue weighted by Gasteiger charge is 2.32. The minimum Gasteiger partial charge on any atom is -0.478 e. The van der Waals surface area contributed by atoms with Gasteiger partial charge in [-0.1, -0.05) is 12.1 Å². The van der Waals surface area contributed by atoms with Gasteiger partial charge in [0.1, 0.15) is 5.52 Å². The van der Waals surface area contributed by atoms with Gasteiger partial charge in [0.25, 0.3) is 0 Å². The number of benzene rings is 2. The van der Waals surface area contributed by atoms with Crippen LogP contribution in [0.15, 0.2) is 36.7 Å². The Labute approximate surface area is 194 Å². The van der Waals surface area contributed by atoms with Crippen LogP contribution in [0, 0.1) is 6.92 Å². The summed E-state index contributed by atoms with van der Waals surface area (Å²) in [6.45, 7) is 3.94. The second-order valence-electron chi connectivity index (χ2n) is 7.23. The fourth-order valence-electron chi connectivity index (χ4n) is 3.79. The van der Waals surface area contributed by atoms with Crippen molar-refractivity contribution in [3.8, 4) is 0 Å². The van der Waals surface area contributed by atoms with Gasteiger partial charge in [0.15, 0.2) is 0 Å². The van der Waals surface area contributed by atoms with Crippen LogP contribution in [0.5, 0.6) is 0 Å². The van der Waals surface area contributed by atoms with E-state index in [1.54, 1.807) is 16.7 Å². The molecule has 6 nitrogen and oxygen atoms in total. The van der Waals surface area contributed by atoms with Crippen LogP contribution in [0.4, 0.5) is 18.9 Å². The first-order valence-corrected chi connectivity index (χ1v) is 9.46. The molecule has 0 bridgehead atoms. The molecule has 3 aromatic rings. The van der Waals surface area contributed by atoms with Crippen LogP contribution >= 0.6 is 24.8 Å². The zero-order valence-electron chi connectivity index (χ0n) is 17.1. The van der Waals surface area contributed by atoms with Crippen molar-refractivity contribution in [1.82, 2.24) is 9.55 Å². The molecule has 0 amide bonds. The Morgan fingerprint density at radius 2 is 1.88 bits per heavy atom. The lowest BCUT2D eigenvalue weighted by atomic mass is 10.0. The number of imidazole rings is 1. The summed E-state index contributed by atoms with van der Waals surface area (Å²) in [5, 5.41) is 9.66. The van der Waals surface area contributed by atoms with E-state index in [-0.39, 0.29) is 42.5 Å². The van der Waals surface area contributed by atoms with Crippen LogP contribution in [0.3, 0.4) is 0 Å². The summed E-state index contributed by atoms with van der Waals surface area (Å²) >= 11 is 0. The molecule has 0 atom stereocenters. The molecule has 1 aliphatic rings. The number of carboxylic acid groups (broad SMARTS) is 1. The van der Waals surface area contributed by atoms with E-state index >= 15 is 0 Å². The molecule has 0 radical (unpaired) electrons. The third kappa shape index (κ3) is 4.95. The number of hydrogen-bond donors (Lipinski definition) is 1. The van der Waals surface area contributed by atoms with E-state index in [0.717, 1.165) is 11.8 Å². The number of aromatic carboxylic acids is 1. The summed E-state index contributed by atoms with van der Waals surface area (Å²) in [6.07, 6.45) is -2.96. The number of carboxylic acids is 1. The monoisotopic (exact) mass is 491 g/mol. The summed E-state index contributed by atoms with van der Waals surface area (Å²) in [6, 6.07) is 7.50. The molecule has 1 saturated heterocycles. The lowest BCUT2D eigenvalue weighted by Crippen LogP contribution is -2.36. The smallest absolute Gasteiger partial charge is 0.416 e. The number of morpholine rings is 1. The molecule has 32 heavy (non-hydrogen) atoms. The third-order valence-electron chi connectivity index (χ3n) is 5.41. The zero-order valence-corrected chi connectivity index (χ0v) is 18.7. The molecule has 11 heteroatoms. The number of halogens is 5. The number of carbonyl (C=O) groups is 1. The van der Waals surface area contributed by atoms with Crippen LogP contribution in [0.25, 0.3) is 11.0 Å². The quantitative estimate of drug-likeness (QED) is 0.568. The van der Waals surface area contributed by atoms with Crippen molar-refractivity contribution in [1.29, 1.82) is 0 Å². The SMILES string of the molecule is Cc1c(Cn2cnc3c(C(=O)O)cc(N4CCOCC4)cc32)cccc1C(F)(F)F.Cl.Cl. The van der Waals surface area contributed by atoms with E-state index in [0.29, 0.717) is 42.9 Å². The average molecular weight is 492 g/mol. The maximum absolute atomic E-state index is 13.3. The molecule has 1 fully saturated rings. The van der Waals surface area contributed by atoms with E-state index < -0.39 is 17.7 Å². The Kier molecular flexibility index (Phi) is 8.03. The maximum atomic E-state index is 13.3. The predicted molar refractivity (Wildman–Crippen MR) is 120 cm³/mol. The number of fused-ring (bicyclic) bond motifs is 1. The summed E-state index contributed by atoms with van der Waals surface area (Å²) in [5.74, 6) is -1.10. The molecule has 2 aromatic carbocycles. The molecular formula is C21H22Cl2F3N3O3. The molecular weight excluding hydrogens is 470 g/mol. The number of aromatic nitrogens is 2. The normalized spacial score (nSPS) is 14.1. The number of nitrogens with zero attached hydrogens (tertiary/aromatic N) is 3. The van der Waals surface area contributed by atoms with Crippen molar-refractivity contribution >= 4 is 47.5 Å². The van der Waals surface area contributed by atoms with Gasteiger partial charge in [-0.05, 0) is 36.2 Å². The fraction of sp³-hybridized carbons (Fsp3) is 0.333. The van der Waals surface area contributed by atoms with Crippen LogP contribution in [-0.2, 0) is 17.5 Å². The van der Waals surface area contributed by atoms with Crippen LogP contribution in [0.2, 0.25) is 0 Å². The van der Waals surface area contributed by atoms with Crippen molar-refractivity contribution in [2.24, 2.45) is 0 Å². The fourth-order valence-corrected chi connectivity index (χ4v) is 3.79. The van der Waals surface area contributed by atoms with Crippen molar-refractivity contribution in [2.75, 3.05) is 31.2 Å². The van der Waals surface area contributed by atoms with Gasteiger partial charge >= 0.3 is 12.1 Å². The molecule has 2 heterocycles. The second kappa shape index (κ2) is 9.97. The summed E-state index contributed by atoms with van der Waals surface area (Å²) in [7, 11) is 0. The van der Waals surface area contributed by atoms with Crippen LogP contribution in [-0.4, -0.2) is 46.9 Å². The van der Waals surface area contributed by atoms with Gasteiger partial charge in [-0.3, -0.25) is 0 Å². The number of alkyl halides is 3. The molecule has 1 N–H and O–H groups in total. The third-order valence-corrected chi connectivity index (χ3v) is 5.41. The van der Waals surface area contributed by atoms with E-state index in [4.69, 9.17) is 4.74 Å². The molecule has 0 unspecified atom stereocenters. The van der Waals surface area contributed by atoms with E-state index in [1.165, 1.54) is 19.3 Å². The molecule has 174 valence electrons. The average Bonchev–Trinajstić information content (AvgIpc) is 3.11. The summed E-state index contributed by atoms with van der Waals surface area (Å²) < 4.78 is 46.8. The van der Waals surface area contributed by atoms with Crippen molar-refractivity contribution in [2.45, 2.75) is 19.6 Å². The lowest BCUT2D eigenvalue weighted by Gasteiger charge is -2.29. The van der Waals surface area contributed by atoms with Crippen molar-refractivity contribution in [3.05, 3.63) is 58.9 Å². The Bertz CT molecular complexity index is 1110. The Balaban J connectivity index is 0.00000181. The zero-order chi connectivity index (χ0) is 21.5. The van der Waals surface area contributed by atoms with Gasteiger partial charge < -0.3 is 19.3 Å². The highest BCUT2D eigenvalue weighted by atomic mass is 35.5. The largest absolute Gasteiger partial charge is 0.478 e. The first-order chi connectivity index (χ1) is 14.3. The molecule has 0 aliphatic carbocycles. The highest BCUT2D eigenvalue weighted by Crippen LogP contribution is 2.34. The van der Waals surface area contributed by atoms with Gasteiger partial charge in [-0.15, -0.1) is 24.8 Å². The van der Waals surface area contributed by atoms with Crippen molar-refractivity contribution in [3.63, 3.8) is 0 Å². The van der Waals surface area contributed by atoms with Gasteiger partial charge in [0, 0.05) is 25.3 Å². The van der Waals surface area contributed by atoms with Crippen LogP contribution in [0.1, 0.15) is 27.0 Å². The Morgan fingerprint density at radius 1 is 1.19 bits per heavy atom. The number of hydrogen-bond acceptors (Lipinski definition) is 4. The summed E-state index contributed by atoms with van der Waals surface area (Å²) in [4.78, 5) is 18.1. The second-order valence-corrected chi connectivity index (χ2v) is 7.23.